The number of hydrogen-bond acceptors (Lipinski definition) is 9. The van der Waals surface area contributed by atoms with Gasteiger partial charge in [-0.3, -0.25) is 0 Å². The number of nitriles is 1. The number of fused-ring (bicyclic) bond motifs is 4. The van der Waals surface area contributed by atoms with Crippen molar-refractivity contribution < 1.29 is 23.0 Å². The van der Waals surface area contributed by atoms with E-state index < -0.39 is 11.5 Å². The molecule has 0 radical (unpaired) electrons. The van der Waals surface area contributed by atoms with Crippen LogP contribution in [0.3, 0.4) is 0 Å². The van der Waals surface area contributed by atoms with Gasteiger partial charge < -0.3 is 28.8 Å². The molecular weight excluding hydrogens is 408 g/mol. The molecule has 2 N–H and O–H groups in total. The van der Waals surface area contributed by atoms with Gasteiger partial charge in [0, 0.05) is 4.88 Å². The van der Waals surface area contributed by atoms with E-state index in [2.05, 4.69) is 6.07 Å². The number of methoxy groups -OCH3 is 2. The Morgan fingerprint density at radius 1 is 1.20 bits per heavy atom. The van der Waals surface area contributed by atoms with E-state index >= 15 is 0 Å². The van der Waals surface area contributed by atoms with Gasteiger partial charge in [-0.05, 0) is 17.5 Å². The van der Waals surface area contributed by atoms with E-state index in [0.29, 0.717) is 22.1 Å². The van der Waals surface area contributed by atoms with Crippen LogP contribution in [0.5, 0.6) is 17.2 Å². The largest absolute Gasteiger partial charge is 0.495 e. The van der Waals surface area contributed by atoms with E-state index in [1.165, 1.54) is 31.8 Å². The Morgan fingerprint density at radius 2 is 2.00 bits per heavy atom. The van der Waals surface area contributed by atoms with E-state index in [-0.39, 0.29) is 34.1 Å². The fraction of sp³-hybridized carbons (Fsp3) is 0.143. The molecule has 0 amide bonds. The van der Waals surface area contributed by atoms with Crippen molar-refractivity contribution in [3.8, 4) is 23.3 Å². The lowest BCUT2D eigenvalue weighted by molar-refractivity contribution is 0.374. The van der Waals surface area contributed by atoms with Crippen LogP contribution < -0.4 is 25.6 Å². The molecule has 9 heteroatoms. The quantitative estimate of drug-likeness (QED) is 0.495. The Kier molecular flexibility index (Phi) is 3.98. The van der Waals surface area contributed by atoms with Gasteiger partial charge in [-0.25, -0.2) is 4.79 Å². The molecule has 1 aromatic carbocycles. The first-order valence-electron chi connectivity index (χ1n) is 8.83. The molecule has 8 nitrogen and oxygen atoms in total. The second kappa shape index (κ2) is 6.57. The highest BCUT2D eigenvalue weighted by Crippen LogP contribution is 2.51. The maximum absolute atomic E-state index is 13.2. The fourth-order valence-electron chi connectivity index (χ4n) is 3.86. The molecule has 1 aliphatic rings. The van der Waals surface area contributed by atoms with Crippen LogP contribution in [0.25, 0.3) is 21.9 Å². The smallest absolute Gasteiger partial charge is 0.344 e. The van der Waals surface area contributed by atoms with Crippen molar-refractivity contribution in [1.29, 1.82) is 5.26 Å². The average molecular weight is 422 g/mol. The first-order chi connectivity index (χ1) is 14.6. The Labute approximate surface area is 173 Å². The first-order valence-corrected chi connectivity index (χ1v) is 9.71. The third-order valence-electron chi connectivity index (χ3n) is 5.07. The minimum absolute atomic E-state index is 0.0800. The van der Waals surface area contributed by atoms with Gasteiger partial charge in [0.1, 0.15) is 22.8 Å². The number of nitrogens with zero attached hydrogens (tertiary/aromatic N) is 1. The number of hydrogen-bond donors (Lipinski definition) is 1. The van der Waals surface area contributed by atoms with Crippen LogP contribution in [0.1, 0.15) is 16.4 Å². The molecule has 30 heavy (non-hydrogen) atoms. The minimum Gasteiger partial charge on any atom is -0.495 e. The van der Waals surface area contributed by atoms with Crippen molar-refractivity contribution in [2.75, 3.05) is 14.2 Å². The Balaban J connectivity index is 1.99. The number of ether oxygens (including phenoxy) is 3. The monoisotopic (exact) mass is 422 g/mol. The summed E-state index contributed by atoms with van der Waals surface area (Å²) in [4.78, 5) is 13.9. The predicted octanol–water partition coefficient (Wildman–Crippen LogP) is 3.84. The Bertz CT molecular complexity index is 1440. The van der Waals surface area contributed by atoms with E-state index in [1.54, 1.807) is 6.07 Å². The van der Waals surface area contributed by atoms with Crippen molar-refractivity contribution in [1.82, 2.24) is 0 Å². The van der Waals surface area contributed by atoms with Crippen LogP contribution in [-0.4, -0.2) is 14.2 Å². The normalized spacial score (nSPS) is 15.7. The van der Waals surface area contributed by atoms with E-state index in [1.807, 2.05) is 17.5 Å². The number of benzene rings is 1. The van der Waals surface area contributed by atoms with E-state index in [4.69, 9.17) is 28.8 Å². The summed E-state index contributed by atoms with van der Waals surface area (Å²) >= 11 is 1.40. The third kappa shape index (κ3) is 2.28. The molecule has 1 aliphatic heterocycles. The van der Waals surface area contributed by atoms with Gasteiger partial charge in [0.2, 0.25) is 11.6 Å². The van der Waals surface area contributed by atoms with Crippen LogP contribution in [0.2, 0.25) is 0 Å². The standard InChI is InChI=1S/C21H14N2O6S/c1-25-15-9-5-6-27-16(9)19(26-2)18-14(15)17-13(21(24)29-18)12(11-4-3-7-30-11)10(8-22)20(23)28-17/h3-7,12H,23H2,1-2H3. The van der Waals surface area contributed by atoms with Crippen molar-refractivity contribution in [2.24, 2.45) is 5.73 Å². The molecule has 0 spiro atoms. The highest BCUT2D eigenvalue weighted by atomic mass is 32.1. The van der Waals surface area contributed by atoms with Crippen molar-refractivity contribution in [2.45, 2.75) is 5.92 Å². The van der Waals surface area contributed by atoms with Gasteiger partial charge in [0.15, 0.2) is 16.9 Å². The summed E-state index contributed by atoms with van der Waals surface area (Å²) in [6, 6.07) is 7.45. The number of allylic oxidation sites excluding steroid dienone is 1. The molecule has 0 saturated carbocycles. The Hall–Kier alpha value is -3.90. The minimum atomic E-state index is -0.713. The number of furan rings is 1. The van der Waals surface area contributed by atoms with Crippen molar-refractivity contribution in [3.05, 3.63) is 62.2 Å². The van der Waals surface area contributed by atoms with Crippen LogP contribution in [0, 0.1) is 11.3 Å². The van der Waals surface area contributed by atoms with Gasteiger partial charge >= 0.3 is 5.63 Å². The molecule has 0 saturated heterocycles. The predicted molar refractivity (Wildman–Crippen MR) is 109 cm³/mol. The Morgan fingerprint density at radius 3 is 2.67 bits per heavy atom. The zero-order valence-electron chi connectivity index (χ0n) is 15.8. The molecular formula is C21H14N2O6S. The molecule has 4 aromatic rings. The van der Waals surface area contributed by atoms with Gasteiger partial charge in [0.25, 0.3) is 0 Å². The maximum atomic E-state index is 13.2. The number of nitrogens with two attached hydrogens (primary N) is 1. The highest BCUT2D eigenvalue weighted by Gasteiger charge is 2.38. The molecule has 5 rings (SSSR count). The van der Waals surface area contributed by atoms with Gasteiger partial charge in [0.05, 0.1) is 37.4 Å². The lowest BCUT2D eigenvalue weighted by atomic mass is 9.88. The summed E-state index contributed by atoms with van der Waals surface area (Å²) in [7, 11) is 2.94. The third-order valence-corrected chi connectivity index (χ3v) is 6.01. The molecule has 4 heterocycles. The average Bonchev–Trinajstić information content (AvgIpc) is 3.43. The maximum Gasteiger partial charge on any atom is 0.344 e. The van der Waals surface area contributed by atoms with Crippen LogP contribution in [-0.2, 0) is 0 Å². The number of thiophene rings is 1. The van der Waals surface area contributed by atoms with Gasteiger partial charge in [-0.15, -0.1) is 11.3 Å². The highest BCUT2D eigenvalue weighted by molar-refractivity contribution is 7.10. The summed E-state index contributed by atoms with van der Waals surface area (Å²) in [6.45, 7) is 0. The van der Waals surface area contributed by atoms with Crippen LogP contribution >= 0.6 is 11.3 Å². The van der Waals surface area contributed by atoms with E-state index in [0.717, 1.165) is 4.88 Å². The zero-order valence-corrected chi connectivity index (χ0v) is 16.7. The van der Waals surface area contributed by atoms with Crippen LogP contribution in [0.15, 0.2) is 54.9 Å². The summed E-state index contributed by atoms with van der Waals surface area (Å²) in [5, 5.41) is 12.6. The van der Waals surface area contributed by atoms with Gasteiger partial charge in [-0.1, -0.05) is 6.07 Å². The molecule has 1 atom stereocenters. The molecule has 0 bridgehead atoms. The topological polar surface area (TPSA) is 121 Å². The van der Waals surface area contributed by atoms with E-state index in [9.17, 15) is 10.1 Å². The lowest BCUT2D eigenvalue weighted by Crippen LogP contribution is -2.26. The second-order valence-electron chi connectivity index (χ2n) is 6.51. The molecule has 1 unspecified atom stereocenters. The summed E-state index contributed by atoms with van der Waals surface area (Å²) in [5.41, 5.74) is 6.26. The van der Waals surface area contributed by atoms with Crippen molar-refractivity contribution >= 4 is 33.3 Å². The first kappa shape index (κ1) is 18.1. The molecule has 3 aromatic heterocycles. The zero-order chi connectivity index (χ0) is 21.0. The fourth-order valence-corrected chi connectivity index (χ4v) is 4.70. The summed E-state index contributed by atoms with van der Waals surface area (Å²) in [6.07, 6.45) is 1.48. The molecule has 0 aliphatic carbocycles. The number of rotatable bonds is 3. The molecule has 0 fully saturated rings. The molecule has 150 valence electrons. The summed E-state index contributed by atoms with van der Waals surface area (Å²) in [5.74, 6) is -0.00329. The van der Waals surface area contributed by atoms with Gasteiger partial charge in [-0.2, -0.15) is 5.26 Å². The summed E-state index contributed by atoms with van der Waals surface area (Å²) < 4.78 is 28.2. The lowest BCUT2D eigenvalue weighted by Gasteiger charge is -2.25. The second-order valence-corrected chi connectivity index (χ2v) is 7.49. The SMILES string of the molecule is COc1c2occc2c(OC)c2c3c(c(=O)oc12)C(c1cccs1)C(C#N)=C(N)O3. The van der Waals surface area contributed by atoms with Crippen molar-refractivity contribution in [3.63, 3.8) is 0 Å². The van der Waals surface area contributed by atoms with Crippen LogP contribution in [0.4, 0.5) is 0 Å².